The normalized spacial score (nSPS) is 16.1. The Kier molecular flexibility index (Phi) is 3.43. The van der Waals surface area contributed by atoms with Crippen LogP contribution in [0, 0.1) is 0 Å². The Labute approximate surface area is 139 Å². The van der Waals surface area contributed by atoms with Gasteiger partial charge in [0.15, 0.2) is 9.84 Å². The van der Waals surface area contributed by atoms with E-state index in [0.29, 0.717) is 5.70 Å². The van der Waals surface area contributed by atoms with Gasteiger partial charge >= 0.3 is 0 Å². The van der Waals surface area contributed by atoms with Gasteiger partial charge in [-0.2, -0.15) is 5.10 Å². The lowest BCUT2D eigenvalue weighted by Gasteiger charge is -2.05. The highest BCUT2D eigenvalue weighted by Gasteiger charge is 2.10. The summed E-state index contributed by atoms with van der Waals surface area (Å²) in [7, 11) is -3.23. The fourth-order valence-corrected chi connectivity index (χ4v) is 3.67. The highest BCUT2D eigenvalue weighted by atomic mass is 32.2. The number of hydrogen-bond acceptors (Lipinski definition) is 4. The fourth-order valence-electron chi connectivity index (χ4n) is 2.77. The van der Waals surface area contributed by atoms with E-state index in [4.69, 9.17) is 0 Å². The zero-order valence-electron chi connectivity index (χ0n) is 12.7. The van der Waals surface area contributed by atoms with E-state index in [-0.39, 0.29) is 0 Å². The van der Waals surface area contributed by atoms with E-state index in [2.05, 4.69) is 40.9 Å². The monoisotopic (exact) mass is 334 g/mol. The van der Waals surface area contributed by atoms with Crippen molar-refractivity contribution in [3.63, 3.8) is 0 Å². The summed E-state index contributed by atoms with van der Waals surface area (Å²) < 4.78 is 22.6. The summed E-state index contributed by atoms with van der Waals surface area (Å²) in [6.45, 7) is 0. The molecule has 0 aromatic heterocycles. The number of fused-ring (bicyclic) bond motifs is 2. The quantitative estimate of drug-likeness (QED) is 0.451. The summed E-state index contributed by atoms with van der Waals surface area (Å²) in [5, 5.41) is 11.1. The lowest BCUT2D eigenvalue weighted by molar-refractivity contribution is 0.613. The molecule has 3 aromatic rings. The molecule has 118 valence electrons. The number of sulfone groups is 1. The highest BCUT2D eigenvalue weighted by Crippen LogP contribution is 2.24. The Morgan fingerprint density at radius 1 is 0.917 bits per heavy atom. The largest absolute Gasteiger partial charge is 0.278 e. The molecule has 0 atom stereocenters. The summed E-state index contributed by atoms with van der Waals surface area (Å²) in [4.78, 5) is 0. The van der Waals surface area contributed by atoms with E-state index in [1.165, 1.54) is 16.8 Å². The number of nitrogens with one attached hydrogen (secondary N) is 1. The predicted octanol–water partition coefficient (Wildman–Crippen LogP) is 3.70. The van der Waals surface area contributed by atoms with Crippen LogP contribution < -0.4 is 5.43 Å². The molecule has 0 bridgehead atoms. The number of rotatable bonds is 3. The van der Waals surface area contributed by atoms with Crippen LogP contribution in [-0.4, -0.2) is 14.6 Å². The molecule has 24 heavy (non-hydrogen) atoms. The number of hydrazone groups is 1. The smallest absolute Gasteiger partial charge is 0.195 e. The summed E-state index contributed by atoms with van der Waals surface area (Å²) in [5.74, 6) is 0. The van der Waals surface area contributed by atoms with Crippen molar-refractivity contribution in [1.29, 1.82) is 0 Å². The molecule has 4 rings (SSSR count). The minimum atomic E-state index is -3.23. The molecule has 0 aliphatic carbocycles. The van der Waals surface area contributed by atoms with Crippen molar-refractivity contribution in [3.8, 4) is 0 Å². The first-order valence-electron chi connectivity index (χ1n) is 7.46. The average molecular weight is 334 g/mol. The first-order valence-corrected chi connectivity index (χ1v) is 9.07. The van der Waals surface area contributed by atoms with Crippen molar-refractivity contribution in [2.45, 2.75) is 0 Å². The summed E-state index contributed by atoms with van der Waals surface area (Å²) in [6.07, 6.45) is 3.19. The second-order valence-electron chi connectivity index (χ2n) is 5.60. The zero-order chi connectivity index (χ0) is 16.6. The molecule has 1 N–H and O–H groups in total. The average Bonchev–Trinajstić information content (AvgIpc) is 2.92. The molecule has 0 fully saturated rings. The van der Waals surface area contributed by atoms with Crippen molar-refractivity contribution >= 4 is 37.6 Å². The number of nitrogens with zero attached hydrogens (tertiary/aromatic N) is 1. The molecular formula is C19H14N2O2S. The molecule has 4 nitrogen and oxygen atoms in total. The molecule has 1 aliphatic rings. The van der Waals surface area contributed by atoms with Gasteiger partial charge in [0.25, 0.3) is 0 Å². The van der Waals surface area contributed by atoms with Crippen LogP contribution >= 0.6 is 0 Å². The molecular weight excluding hydrogens is 320 g/mol. The lowest BCUT2D eigenvalue weighted by atomic mass is 10.0. The van der Waals surface area contributed by atoms with Crippen molar-refractivity contribution in [2.75, 3.05) is 0 Å². The van der Waals surface area contributed by atoms with Gasteiger partial charge in [0.05, 0.1) is 17.3 Å². The van der Waals surface area contributed by atoms with Gasteiger partial charge in [0, 0.05) is 11.0 Å². The Morgan fingerprint density at radius 2 is 1.67 bits per heavy atom. The molecule has 5 heteroatoms. The van der Waals surface area contributed by atoms with Crippen LogP contribution in [0.4, 0.5) is 0 Å². The minimum Gasteiger partial charge on any atom is -0.278 e. The first kappa shape index (κ1) is 14.7. The van der Waals surface area contributed by atoms with Crippen molar-refractivity contribution < 1.29 is 8.42 Å². The van der Waals surface area contributed by atoms with Gasteiger partial charge in [-0.05, 0) is 39.8 Å². The van der Waals surface area contributed by atoms with E-state index in [0.717, 1.165) is 27.2 Å². The SMILES string of the molecule is O=S1(=O)C=CC(N/N=C\c2cccc3cc4ccccc4cc23)=C1. The van der Waals surface area contributed by atoms with Crippen LogP contribution in [0.5, 0.6) is 0 Å². The second kappa shape index (κ2) is 5.62. The maximum atomic E-state index is 11.3. The van der Waals surface area contributed by atoms with Gasteiger partial charge in [0.2, 0.25) is 0 Å². The van der Waals surface area contributed by atoms with E-state index < -0.39 is 9.84 Å². The first-order chi connectivity index (χ1) is 11.6. The Morgan fingerprint density at radius 3 is 2.42 bits per heavy atom. The van der Waals surface area contributed by atoms with E-state index in [1.807, 2.05) is 24.3 Å². The third kappa shape index (κ3) is 2.81. The zero-order valence-corrected chi connectivity index (χ0v) is 13.5. The Balaban J connectivity index is 1.70. The molecule has 0 saturated carbocycles. The molecule has 1 aliphatic heterocycles. The minimum absolute atomic E-state index is 0.455. The summed E-state index contributed by atoms with van der Waals surface area (Å²) in [6, 6.07) is 18.6. The topological polar surface area (TPSA) is 58.5 Å². The van der Waals surface area contributed by atoms with E-state index in [1.54, 1.807) is 6.21 Å². The Hall–Kier alpha value is -2.92. The maximum absolute atomic E-state index is 11.3. The highest BCUT2D eigenvalue weighted by molar-refractivity contribution is 7.97. The van der Waals surface area contributed by atoms with Crippen molar-refractivity contribution in [1.82, 2.24) is 5.43 Å². The van der Waals surface area contributed by atoms with Crippen LogP contribution in [-0.2, 0) is 9.84 Å². The van der Waals surface area contributed by atoms with Gasteiger partial charge in [-0.25, -0.2) is 8.42 Å². The third-order valence-corrected chi connectivity index (χ3v) is 5.00. The van der Waals surface area contributed by atoms with Gasteiger partial charge in [-0.1, -0.05) is 42.5 Å². The van der Waals surface area contributed by atoms with E-state index >= 15 is 0 Å². The maximum Gasteiger partial charge on any atom is 0.195 e. The lowest BCUT2D eigenvalue weighted by Crippen LogP contribution is -2.02. The number of hydrogen-bond donors (Lipinski definition) is 1. The molecule has 0 saturated heterocycles. The van der Waals surface area contributed by atoms with Gasteiger partial charge in [-0.15, -0.1) is 0 Å². The molecule has 0 amide bonds. The van der Waals surface area contributed by atoms with Gasteiger partial charge in [-0.3, -0.25) is 5.43 Å². The van der Waals surface area contributed by atoms with E-state index in [9.17, 15) is 8.42 Å². The van der Waals surface area contributed by atoms with Crippen LogP contribution in [0.2, 0.25) is 0 Å². The van der Waals surface area contributed by atoms with Crippen molar-refractivity contribution in [2.24, 2.45) is 5.10 Å². The summed E-state index contributed by atoms with van der Waals surface area (Å²) in [5.41, 5.74) is 4.18. The molecule has 3 aromatic carbocycles. The van der Waals surface area contributed by atoms with Gasteiger partial charge < -0.3 is 0 Å². The van der Waals surface area contributed by atoms with Crippen LogP contribution in [0.3, 0.4) is 0 Å². The fraction of sp³-hybridized carbons (Fsp3) is 0. The van der Waals surface area contributed by atoms with Crippen LogP contribution in [0.15, 0.2) is 82.3 Å². The predicted molar refractivity (Wildman–Crippen MR) is 98.3 cm³/mol. The molecule has 0 radical (unpaired) electrons. The van der Waals surface area contributed by atoms with Gasteiger partial charge in [0.1, 0.15) is 0 Å². The standard InChI is InChI=1S/C19H14N2O2S/c22-24(23)9-8-18(13-24)21-20-12-17-7-3-6-16-10-14-4-1-2-5-15(14)11-19(16)17/h1-13,21H/b20-12-. The number of benzene rings is 3. The second-order valence-corrected chi connectivity index (χ2v) is 7.29. The Bertz CT molecular complexity index is 1140. The molecule has 1 heterocycles. The molecule has 0 spiro atoms. The third-order valence-electron chi connectivity index (χ3n) is 3.91. The van der Waals surface area contributed by atoms with Crippen LogP contribution in [0.25, 0.3) is 21.5 Å². The molecule has 0 unspecified atom stereocenters. The summed E-state index contributed by atoms with van der Waals surface area (Å²) >= 11 is 0. The van der Waals surface area contributed by atoms with Crippen LogP contribution in [0.1, 0.15) is 5.56 Å². The number of allylic oxidation sites excluding steroid dienone is 1. The van der Waals surface area contributed by atoms with Crippen molar-refractivity contribution in [3.05, 3.63) is 82.7 Å².